The van der Waals surface area contributed by atoms with Crippen LogP contribution in [0, 0.1) is 17.3 Å². The van der Waals surface area contributed by atoms with Crippen molar-refractivity contribution < 1.29 is 19.1 Å². The minimum absolute atomic E-state index is 0.0933. The number of benzene rings is 2. The minimum Gasteiger partial charge on any atom is -0.497 e. The molecule has 2 aromatic rings. The summed E-state index contributed by atoms with van der Waals surface area (Å²) >= 11 is 0. The predicted octanol–water partition coefficient (Wildman–Crippen LogP) is 3.19. The van der Waals surface area contributed by atoms with Gasteiger partial charge in [-0.1, -0.05) is 45.0 Å². The lowest BCUT2D eigenvalue weighted by Gasteiger charge is -2.35. The van der Waals surface area contributed by atoms with E-state index in [1.807, 2.05) is 45.0 Å². The summed E-state index contributed by atoms with van der Waals surface area (Å²) in [7, 11) is 1.56. The quantitative estimate of drug-likeness (QED) is 0.698. The zero-order valence-corrected chi connectivity index (χ0v) is 18.5. The molecule has 0 unspecified atom stereocenters. The van der Waals surface area contributed by atoms with E-state index in [2.05, 4.69) is 5.10 Å². The molecular weight excluding hydrogens is 406 g/mol. The average Bonchev–Trinajstić information content (AvgIpc) is 3.25. The fraction of sp³-hybridized carbons (Fsp3) is 0.360. The van der Waals surface area contributed by atoms with Gasteiger partial charge >= 0.3 is 0 Å². The van der Waals surface area contributed by atoms with Gasteiger partial charge in [0.05, 0.1) is 36.9 Å². The molecule has 2 amide bonds. The van der Waals surface area contributed by atoms with Crippen LogP contribution in [0.15, 0.2) is 53.6 Å². The molecule has 0 N–H and O–H groups in total. The van der Waals surface area contributed by atoms with Crippen LogP contribution in [0.5, 0.6) is 5.75 Å². The molecule has 2 fully saturated rings. The Morgan fingerprint density at radius 1 is 0.969 bits per heavy atom. The highest BCUT2D eigenvalue weighted by Gasteiger charge is 2.66. The molecule has 32 heavy (non-hydrogen) atoms. The van der Waals surface area contributed by atoms with Crippen molar-refractivity contribution in [2.75, 3.05) is 12.0 Å². The Morgan fingerprint density at radius 3 is 2.28 bits per heavy atom. The SMILES string of the molecule is COc1ccc(N2C(=O)[C@@H]3[C@H](C2=O)[C@@H]2c4ccccc4C=NN2[C@H]3C(=O)C(C)(C)C)cc1. The highest BCUT2D eigenvalue weighted by molar-refractivity contribution is 6.24. The number of hydrogen-bond donors (Lipinski definition) is 0. The van der Waals surface area contributed by atoms with Crippen LogP contribution in [0.4, 0.5) is 5.69 Å². The van der Waals surface area contributed by atoms with Crippen molar-refractivity contribution in [3.05, 3.63) is 59.7 Å². The molecule has 2 aromatic carbocycles. The van der Waals surface area contributed by atoms with E-state index in [1.54, 1.807) is 42.6 Å². The van der Waals surface area contributed by atoms with Crippen LogP contribution in [0.1, 0.15) is 37.9 Å². The monoisotopic (exact) mass is 431 g/mol. The summed E-state index contributed by atoms with van der Waals surface area (Å²) in [6, 6.07) is 13.3. The first-order chi connectivity index (χ1) is 15.2. The van der Waals surface area contributed by atoms with Gasteiger partial charge in [0, 0.05) is 5.41 Å². The van der Waals surface area contributed by atoms with Crippen LogP contribution < -0.4 is 9.64 Å². The molecule has 3 aliphatic heterocycles. The Bertz CT molecular complexity index is 1150. The highest BCUT2D eigenvalue weighted by Crippen LogP contribution is 2.53. The van der Waals surface area contributed by atoms with Crippen LogP contribution in [-0.4, -0.2) is 42.0 Å². The number of carbonyl (C=O) groups excluding carboxylic acids is 3. The molecule has 5 rings (SSSR count). The van der Waals surface area contributed by atoms with Gasteiger partial charge in [0.2, 0.25) is 11.8 Å². The number of imide groups is 1. The molecule has 0 aliphatic carbocycles. The second-order valence-electron chi connectivity index (χ2n) is 9.52. The van der Waals surface area contributed by atoms with Crippen LogP contribution in [0.3, 0.4) is 0 Å². The lowest BCUT2D eigenvalue weighted by atomic mass is 9.79. The van der Waals surface area contributed by atoms with Crippen molar-refractivity contribution in [2.45, 2.75) is 32.9 Å². The Balaban J connectivity index is 1.64. The standard InChI is InChI=1S/C25H25N3O4/c1-25(2,3)22(29)21-19-18(20-17-8-6-5-7-14(17)13-26-28(20)21)23(30)27(24(19)31)15-9-11-16(32-4)12-10-15/h5-13,18-21H,1-4H3/t18-,19+,20-,21+/m0/s1. The number of Topliss-reactive ketones (excluding diaryl/α,β-unsaturated/α-hetero) is 1. The maximum atomic E-state index is 13.7. The van der Waals surface area contributed by atoms with Crippen molar-refractivity contribution in [3.8, 4) is 5.75 Å². The molecule has 7 nitrogen and oxygen atoms in total. The molecule has 0 saturated carbocycles. The number of amides is 2. The number of ether oxygens (including phenoxy) is 1. The van der Waals surface area contributed by atoms with E-state index in [0.29, 0.717) is 11.4 Å². The smallest absolute Gasteiger partial charge is 0.240 e. The topological polar surface area (TPSA) is 79.3 Å². The predicted molar refractivity (Wildman–Crippen MR) is 119 cm³/mol. The van der Waals surface area contributed by atoms with Crippen LogP contribution in [0.25, 0.3) is 0 Å². The van der Waals surface area contributed by atoms with Gasteiger partial charge in [0.15, 0.2) is 5.78 Å². The van der Waals surface area contributed by atoms with Crippen LogP contribution >= 0.6 is 0 Å². The fourth-order valence-corrected chi connectivity index (χ4v) is 5.10. The average molecular weight is 431 g/mol. The number of hydrogen-bond acceptors (Lipinski definition) is 6. The van der Waals surface area contributed by atoms with Crippen LogP contribution in [0.2, 0.25) is 0 Å². The number of ketones is 1. The first-order valence-corrected chi connectivity index (χ1v) is 10.7. The molecule has 3 heterocycles. The Hall–Kier alpha value is -3.48. The Kier molecular flexibility index (Phi) is 4.48. The first kappa shape index (κ1) is 20.4. The van der Waals surface area contributed by atoms with Gasteiger partial charge in [-0.05, 0) is 35.4 Å². The number of rotatable bonds is 3. The second-order valence-corrected chi connectivity index (χ2v) is 9.52. The lowest BCUT2D eigenvalue weighted by molar-refractivity contribution is -0.136. The summed E-state index contributed by atoms with van der Waals surface area (Å²) in [5.41, 5.74) is 1.61. The van der Waals surface area contributed by atoms with E-state index in [1.165, 1.54) is 4.90 Å². The number of carbonyl (C=O) groups is 3. The van der Waals surface area contributed by atoms with Crippen molar-refractivity contribution in [3.63, 3.8) is 0 Å². The third kappa shape index (κ3) is 2.80. The van der Waals surface area contributed by atoms with E-state index >= 15 is 0 Å². The Morgan fingerprint density at radius 2 is 1.62 bits per heavy atom. The van der Waals surface area contributed by atoms with Crippen molar-refractivity contribution in [1.29, 1.82) is 0 Å². The zero-order valence-electron chi connectivity index (χ0n) is 18.5. The maximum Gasteiger partial charge on any atom is 0.240 e. The third-order valence-electron chi connectivity index (χ3n) is 6.63. The fourth-order valence-electron chi connectivity index (χ4n) is 5.10. The van der Waals surface area contributed by atoms with E-state index < -0.39 is 29.3 Å². The van der Waals surface area contributed by atoms with E-state index in [9.17, 15) is 14.4 Å². The summed E-state index contributed by atoms with van der Waals surface area (Å²) < 4.78 is 5.20. The first-order valence-electron chi connectivity index (χ1n) is 10.7. The molecular formula is C25H25N3O4. The summed E-state index contributed by atoms with van der Waals surface area (Å²) in [4.78, 5) is 42.2. The van der Waals surface area contributed by atoms with Gasteiger partial charge in [0.1, 0.15) is 11.8 Å². The zero-order chi connectivity index (χ0) is 22.8. The number of hydrazone groups is 1. The molecule has 0 aromatic heterocycles. The second kappa shape index (κ2) is 7.02. The molecule has 2 saturated heterocycles. The number of fused-ring (bicyclic) bond motifs is 5. The number of methoxy groups -OCH3 is 1. The molecule has 3 aliphatic rings. The highest BCUT2D eigenvalue weighted by atomic mass is 16.5. The van der Waals surface area contributed by atoms with Gasteiger partial charge in [-0.25, -0.2) is 4.90 Å². The Labute approximate surface area is 186 Å². The lowest BCUT2D eigenvalue weighted by Crippen LogP contribution is -2.48. The van der Waals surface area contributed by atoms with Crippen LogP contribution in [-0.2, 0) is 14.4 Å². The summed E-state index contributed by atoms with van der Waals surface area (Å²) in [6.45, 7) is 5.51. The molecule has 0 spiro atoms. The van der Waals surface area contributed by atoms with Crippen molar-refractivity contribution in [1.82, 2.24) is 5.01 Å². The normalized spacial score (nSPS) is 26.1. The molecule has 164 valence electrons. The molecule has 7 heteroatoms. The molecule has 4 atom stereocenters. The van der Waals surface area contributed by atoms with Gasteiger partial charge in [-0.3, -0.25) is 19.4 Å². The summed E-state index contributed by atoms with van der Waals surface area (Å²) in [5, 5.41) is 6.27. The number of nitrogens with zero attached hydrogens (tertiary/aromatic N) is 3. The van der Waals surface area contributed by atoms with Crippen molar-refractivity contribution >= 4 is 29.5 Å². The minimum atomic E-state index is -0.797. The van der Waals surface area contributed by atoms with E-state index in [0.717, 1.165) is 11.1 Å². The summed E-state index contributed by atoms with van der Waals surface area (Å²) in [6.07, 6.45) is 1.71. The number of anilines is 1. The largest absolute Gasteiger partial charge is 0.497 e. The third-order valence-corrected chi connectivity index (χ3v) is 6.63. The van der Waals surface area contributed by atoms with E-state index in [4.69, 9.17) is 4.74 Å². The van der Waals surface area contributed by atoms with Crippen molar-refractivity contribution in [2.24, 2.45) is 22.4 Å². The van der Waals surface area contributed by atoms with Gasteiger partial charge in [-0.2, -0.15) is 5.10 Å². The van der Waals surface area contributed by atoms with Gasteiger partial charge < -0.3 is 4.74 Å². The summed E-state index contributed by atoms with van der Waals surface area (Å²) in [5.74, 6) is -1.57. The van der Waals surface area contributed by atoms with E-state index in [-0.39, 0.29) is 17.6 Å². The van der Waals surface area contributed by atoms with Gasteiger partial charge in [0.25, 0.3) is 0 Å². The molecule has 0 bridgehead atoms. The van der Waals surface area contributed by atoms with Gasteiger partial charge in [-0.15, -0.1) is 0 Å². The molecule has 0 radical (unpaired) electrons. The maximum absolute atomic E-state index is 13.7.